The molecule has 0 spiro atoms. The normalized spacial score (nSPS) is 10.4. The molecule has 0 bridgehead atoms. The van der Waals surface area contributed by atoms with Crippen LogP contribution in [0.4, 0.5) is 5.69 Å². The number of nitrogens with zero attached hydrogens (tertiary/aromatic N) is 2. The largest absolute Gasteiger partial charge is 0.492 e. The van der Waals surface area contributed by atoms with Crippen LogP contribution in [-0.2, 0) is 11.8 Å². The average molecular weight is 301 g/mol. The van der Waals surface area contributed by atoms with Gasteiger partial charge in [0, 0.05) is 12.7 Å². The molecule has 1 amide bonds. The number of nitrogens with one attached hydrogen (secondary N) is 1. The van der Waals surface area contributed by atoms with Crippen molar-refractivity contribution in [2.45, 2.75) is 20.8 Å². The molecule has 0 radical (unpaired) electrons. The molecule has 116 valence electrons. The van der Waals surface area contributed by atoms with Crippen molar-refractivity contribution in [1.82, 2.24) is 9.78 Å². The van der Waals surface area contributed by atoms with Gasteiger partial charge < -0.3 is 10.1 Å². The fraction of sp³-hybridized carbons (Fsp3) is 0.312. The fourth-order valence-corrected chi connectivity index (χ4v) is 2.25. The van der Waals surface area contributed by atoms with Gasteiger partial charge in [-0.1, -0.05) is 12.1 Å². The van der Waals surface area contributed by atoms with E-state index in [1.807, 2.05) is 6.92 Å². The van der Waals surface area contributed by atoms with Crippen molar-refractivity contribution in [3.05, 3.63) is 41.2 Å². The second-order valence-corrected chi connectivity index (χ2v) is 4.88. The minimum Gasteiger partial charge on any atom is -0.492 e. The van der Waals surface area contributed by atoms with E-state index < -0.39 is 11.7 Å². The molecule has 2 aromatic rings. The number of ether oxygens (including phenoxy) is 1. The molecule has 1 N–H and O–H groups in total. The molecule has 0 aliphatic rings. The lowest BCUT2D eigenvalue weighted by molar-refractivity contribution is -0.112. The highest BCUT2D eigenvalue weighted by atomic mass is 16.5. The second kappa shape index (κ2) is 6.43. The van der Waals surface area contributed by atoms with E-state index in [0.717, 1.165) is 0 Å². The van der Waals surface area contributed by atoms with Gasteiger partial charge in [0.1, 0.15) is 5.75 Å². The molecule has 0 atom stereocenters. The summed E-state index contributed by atoms with van der Waals surface area (Å²) < 4.78 is 7.02. The molecule has 1 aromatic heterocycles. The lowest BCUT2D eigenvalue weighted by Gasteiger charge is -2.10. The number of anilines is 1. The minimum absolute atomic E-state index is 0.342. The van der Waals surface area contributed by atoms with Gasteiger partial charge >= 0.3 is 0 Å². The smallest absolute Gasteiger partial charge is 0.297 e. The summed E-state index contributed by atoms with van der Waals surface area (Å²) in [5, 5.41) is 6.77. The Morgan fingerprint density at radius 1 is 1.27 bits per heavy atom. The van der Waals surface area contributed by atoms with E-state index >= 15 is 0 Å². The second-order valence-electron chi connectivity index (χ2n) is 4.88. The number of aromatic nitrogens is 2. The molecular weight excluding hydrogens is 282 g/mol. The highest BCUT2D eigenvalue weighted by molar-refractivity contribution is 6.47. The Hall–Kier alpha value is -2.63. The maximum absolute atomic E-state index is 12.4. The summed E-state index contributed by atoms with van der Waals surface area (Å²) in [4.78, 5) is 24.6. The summed E-state index contributed by atoms with van der Waals surface area (Å²) >= 11 is 0. The molecule has 0 unspecified atom stereocenters. The fourth-order valence-electron chi connectivity index (χ4n) is 2.25. The quantitative estimate of drug-likeness (QED) is 0.679. The lowest BCUT2D eigenvalue weighted by Crippen LogP contribution is -2.24. The number of benzene rings is 1. The van der Waals surface area contributed by atoms with Crippen LogP contribution in [0.5, 0.6) is 5.75 Å². The van der Waals surface area contributed by atoms with Gasteiger partial charge in [0.25, 0.3) is 11.7 Å². The predicted molar refractivity (Wildman–Crippen MR) is 83.3 cm³/mol. The van der Waals surface area contributed by atoms with Gasteiger partial charge in [-0.3, -0.25) is 14.3 Å². The Bertz CT molecular complexity index is 719. The maximum Gasteiger partial charge on any atom is 0.297 e. The number of ketones is 1. The molecule has 0 fully saturated rings. The van der Waals surface area contributed by atoms with Gasteiger partial charge in [-0.05, 0) is 32.9 Å². The SMILES string of the molecule is CCOc1ccccc1NC(=O)C(=O)c1c(C)nn(C)c1C. The van der Waals surface area contributed by atoms with Crippen molar-refractivity contribution in [2.24, 2.45) is 7.05 Å². The van der Waals surface area contributed by atoms with Crippen LogP contribution in [0.25, 0.3) is 0 Å². The van der Waals surface area contributed by atoms with Crippen molar-refractivity contribution in [3.63, 3.8) is 0 Å². The Morgan fingerprint density at radius 3 is 2.55 bits per heavy atom. The Kier molecular flexibility index (Phi) is 4.60. The van der Waals surface area contributed by atoms with E-state index in [1.165, 1.54) is 0 Å². The van der Waals surface area contributed by atoms with Crippen molar-refractivity contribution >= 4 is 17.4 Å². The minimum atomic E-state index is -0.702. The number of carbonyl (C=O) groups is 2. The number of hydrogen-bond acceptors (Lipinski definition) is 4. The topological polar surface area (TPSA) is 73.2 Å². The first-order chi connectivity index (χ1) is 10.5. The molecule has 1 aromatic carbocycles. The summed E-state index contributed by atoms with van der Waals surface area (Å²) in [6, 6.07) is 7.00. The van der Waals surface area contributed by atoms with E-state index in [4.69, 9.17) is 4.74 Å². The molecule has 0 aliphatic carbocycles. The molecular formula is C16H19N3O3. The van der Waals surface area contributed by atoms with E-state index in [-0.39, 0.29) is 0 Å². The molecule has 6 nitrogen and oxygen atoms in total. The van der Waals surface area contributed by atoms with Crippen LogP contribution in [0.3, 0.4) is 0 Å². The molecule has 6 heteroatoms. The van der Waals surface area contributed by atoms with Crippen molar-refractivity contribution < 1.29 is 14.3 Å². The summed E-state index contributed by atoms with van der Waals surface area (Å²) in [5.41, 5.74) is 2.02. The Labute approximate surface area is 129 Å². The third-order valence-corrected chi connectivity index (χ3v) is 3.38. The van der Waals surface area contributed by atoms with Crippen LogP contribution in [0, 0.1) is 13.8 Å². The first-order valence-corrected chi connectivity index (χ1v) is 7.03. The van der Waals surface area contributed by atoms with Gasteiger partial charge in [0.2, 0.25) is 0 Å². The Morgan fingerprint density at radius 2 is 1.95 bits per heavy atom. The van der Waals surface area contributed by atoms with Crippen LogP contribution in [0.15, 0.2) is 24.3 Å². The number of carbonyl (C=O) groups excluding carboxylic acids is 2. The first kappa shape index (κ1) is 15.8. The third kappa shape index (κ3) is 3.00. The molecule has 0 saturated carbocycles. The molecule has 22 heavy (non-hydrogen) atoms. The number of hydrogen-bond donors (Lipinski definition) is 1. The van der Waals surface area contributed by atoms with Gasteiger partial charge in [0.05, 0.1) is 23.6 Å². The monoisotopic (exact) mass is 301 g/mol. The van der Waals surface area contributed by atoms with Crippen LogP contribution in [0.2, 0.25) is 0 Å². The van der Waals surface area contributed by atoms with Crippen molar-refractivity contribution in [2.75, 3.05) is 11.9 Å². The summed E-state index contributed by atoms with van der Waals surface area (Å²) in [6.45, 7) is 5.80. The summed E-state index contributed by atoms with van der Waals surface area (Å²) in [5.74, 6) is -0.772. The number of para-hydroxylation sites is 2. The van der Waals surface area contributed by atoms with Gasteiger partial charge in [-0.25, -0.2) is 0 Å². The molecule has 0 saturated heterocycles. The molecule has 0 aliphatic heterocycles. The van der Waals surface area contributed by atoms with Crippen molar-refractivity contribution in [3.8, 4) is 5.75 Å². The van der Waals surface area contributed by atoms with E-state index in [0.29, 0.717) is 35.0 Å². The summed E-state index contributed by atoms with van der Waals surface area (Å²) in [7, 11) is 1.74. The highest BCUT2D eigenvalue weighted by Crippen LogP contribution is 2.24. The Balaban J connectivity index is 2.24. The third-order valence-electron chi connectivity index (χ3n) is 3.38. The molecule has 2 rings (SSSR count). The van der Waals surface area contributed by atoms with Gasteiger partial charge in [-0.15, -0.1) is 0 Å². The molecule has 1 heterocycles. The van der Waals surface area contributed by atoms with Crippen LogP contribution < -0.4 is 10.1 Å². The van der Waals surface area contributed by atoms with E-state index in [1.54, 1.807) is 49.8 Å². The van der Waals surface area contributed by atoms with E-state index in [9.17, 15) is 9.59 Å². The average Bonchev–Trinajstić information content (AvgIpc) is 2.73. The zero-order chi connectivity index (χ0) is 16.3. The van der Waals surface area contributed by atoms with Crippen LogP contribution in [0.1, 0.15) is 28.7 Å². The lowest BCUT2D eigenvalue weighted by atomic mass is 10.1. The number of aryl methyl sites for hydroxylation is 2. The van der Waals surface area contributed by atoms with Crippen molar-refractivity contribution in [1.29, 1.82) is 0 Å². The number of amides is 1. The zero-order valence-electron chi connectivity index (χ0n) is 13.1. The van der Waals surface area contributed by atoms with Crippen LogP contribution in [-0.4, -0.2) is 28.1 Å². The van der Waals surface area contributed by atoms with E-state index in [2.05, 4.69) is 10.4 Å². The van der Waals surface area contributed by atoms with Gasteiger partial charge in [-0.2, -0.15) is 5.10 Å². The zero-order valence-corrected chi connectivity index (χ0v) is 13.1. The maximum atomic E-state index is 12.4. The summed E-state index contributed by atoms with van der Waals surface area (Å²) in [6.07, 6.45) is 0. The number of Topliss-reactive ketones (excluding diaryl/α,β-unsaturated/α-hetero) is 1. The predicted octanol–water partition coefficient (Wildman–Crippen LogP) is 2.26. The van der Waals surface area contributed by atoms with Crippen LogP contribution >= 0.6 is 0 Å². The standard InChI is InChI=1S/C16H19N3O3/c1-5-22-13-9-7-6-8-12(13)17-16(21)15(20)14-10(2)18-19(4)11(14)3/h6-9H,5H2,1-4H3,(H,17,21). The van der Waals surface area contributed by atoms with Gasteiger partial charge in [0.15, 0.2) is 0 Å². The number of rotatable bonds is 5. The first-order valence-electron chi connectivity index (χ1n) is 7.03. The highest BCUT2D eigenvalue weighted by Gasteiger charge is 2.24.